The van der Waals surface area contributed by atoms with Crippen LogP contribution in [0.25, 0.3) is 21.9 Å². The minimum absolute atomic E-state index is 0.0712. The normalized spacial score (nSPS) is 11.3. The molecule has 1 aromatic heterocycles. The van der Waals surface area contributed by atoms with E-state index in [4.69, 9.17) is 4.42 Å². The first kappa shape index (κ1) is 12.0. The van der Waals surface area contributed by atoms with E-state index in [2.05, 4.69) is 19.9 Å². The lowest BCUT2D eigenvalue weighted by Crippen LogP contribution is -2.04. The highest BCUT2D eigenvalue weighted by Gasteiger charge is 2.11. The van der Waals surface area contributed by atoms with Crippen molar-refractivity contribution in [2.45, 2.75) is 26.7 Å². The van der Waals surface area contributed by atoms with Crippen LogP contribution >= 0.6 is 0 Å². The molecule has 0 N–H and O–H groups in total. The molecule has 0 radical (unpaired) electrons. The van der Waals surface area contributed by atoms with Crippen LogP contribution in [0.1, 0.15) is 25.0 Å². The Labute approximate surface area is 111 Å². The van der Waals surface area contributed by atoms with E-state index in [1.165, 1.54) is 5.56 Å². The highest BCUT2D eigenvalue weighted by Crippen LogP contribution is 2.24. The highest BCUT2D eigenvalue weighted by atomic mass is 16.3. The molecule has 0 atom stereocenters. The lowest BCUT2D eigenvalue weighted by molar-refractivity contribution is 0.654. The van der Waals surface area contributed by atoms with Gasteiger partial charge in [-0.05, 0) is 42.2 Å². The third-order valence-corrected chi connectivity index (χ3v) is 3.60. The molecule has 1 heterocycles. The maximum Gasteiger partial charge on any atom is 0.200 e. The zero-order valence-electron chi connectivity index (χ0n) is 11.2. The molecule has 3 rings (SSSR count). The molecule has 0 spiro atoms. The summed E-state index contributed by atoms with van der Waals surface area (Å²) in [5.74, 6) is 0. The Hall–Kier alpha value is -2.09. The van der Waals surface area contributed by atoms with Gasteiger partial charge in [-0.15, -0.1) is 0 Å². The van der Waals surface area contributed by atoms with Gasteiger partial charge in [-0.25, -0.2) is 0 Å². The van der Waals surface area contributed by atoms with Crippen LogP contribution in [0.3, 0.4) is 0 Å². The van der Waals surface area contributed by atoms with Gasteiger partial charge in [0.25, 0.3) is 0 Å². The average molecular weight is 252 g/mol. The number of benzene rings is 2. The first-order chi connectivity index (χ1) is 9.24. The van der Waals surface area contributed by atoms with E-state index in [-0.39, 0.29) is 5.43 Å². The minimum atomic E-state index is 0.0712. The Morgan fingerprint density at radius 1 is 1.00 bits per heavy atom. The van der Waals surface area contributed by atoms with Crippen molar-refractivity contribution in [3.63, 3.8) is 0 Å². The van der Waals surface area contributed by atoms with E-state index in [0.717, 1.165) is 24.0 Å². The predicted molar refractivity (Wildman–Crippen MR) is 78.7 cm³/mol. The Balaban J connectivity index is 2.54. The molecule has 2 heteroatoms. The van der Waals surface area contributed by atoms with E-state index in [1.54, 1.807) is 0 Å². The van der Waals surface area contributed by atoms with Crippen molar-refractivity contribution in [2.75, 3.05) is 0 Å². The van der Waals surface area contributed by atoms with Gasteiger partial charge in [-0.2, -0.15) is 0 Å². The van der Waals surface area contributed by atoms with Crippen LogP contribution in [0.2, 0.25) is 0 Å². The van der Waals surface area contributed by atoms with Crippen molar-refractivity contribution in [2.24, 2.45) is 0 Å². The maximum atomic E-state index is 12.6. The topological polar surface area (TPSA) is 30.2 Å². The summed E-state index contributed by atoms with van der Waals surface area (Å²) in [5.41, 5.74) is 3.77. The van der Waals surface area contributed by atoms with Crippen LogP contribution in [0.4, 0.5) is 0 Å². The van der Waals surface area contributed by atoms with Crippen molar-refractivity contribution < 1.29 is 4.42 Å². The second kappa shape index (κ2) is 4.54. The van der Waals surface area contributed by atoms with Crippen molar-refractivity contribution in [1.29, 1.82) is 0 Å². The van der Waals surface area contributed by atoms with Gasteiger partial charge < -0.3 is 4.42 Å². The molecule has 2 nitrogen and oxygen atoms in total. The second-order valence-corrected chi connectivity index (χ2v) is 4.77. The summed E-state index contributed by atoms with van der Waals surface area (Å²) in [4.78, 5) is 12.6. The van der Waals surface area contributed by atoms with Crippen LogP contribution in [0.15, 0.2) is 45.6 Å². The van der Waals surface area contributed by atoms with Gasteiger partial charge in [0.1, 0.15) is 11.2 Å². The number of hydrogen-bond donors (Lipinski definition) is 0. The zero-order valence-corrected chi connectivity index (χ0v) is 11.2. The van der Waals surface area contributed by atoms with Crippen molar-refractivity contribution in [3.8, 4) is 0 Å². The Bertz CT molecular complexity index is 812. The summed E-state index contributed by atoms with van der Waals surface area (Å²) in [5, 5.41) is 1.36. The molecular weight excluding hydrogens is 236 g/mol. The molecule has 0 aliphatic carbocycles. The van der Waals surface area contributed by atoms with Crippen molar-refractivity contribution in [3.05, 3.63) is 57.7 Å². The summed E-state index contributed by atoms with van der Waals surface area (Å²) in [6.45, 7) is 4.19. The molecule has 0 aliphatic heterocycles. The van der Waals surface area contributed by atoms with Crippen LogP contribution in [0, 0.1) is 0 Å². The third kappa shape index (κ3) is 1.84. The number of aryl methyl sites for hydroxylation is 2. The standard InChI is InChI=1S/C17H16O2/c1-3-11-9-12(4-2)17-14(10-11)16(18)13-7-5-6-8-15(13)19-17/h5-10H,3-4H2,1-2H3. The molecule has 2 aromatic carbocycles. The van der Waals surface area contributed by atoms with Gasteiger partial charge in [0.05, 0.1) is 10.8 Å². The fourth-order valence-corrected chi connectivity index (χ4v) is 2.51. The van der Waals surface area contributed by atoms with E-state index in [1.807, 2.05) is 30.3 Å². The van der Waals surface area contributed by atoms with Gasteiger partial charge in [0.15, 0.2) is 0 Å². The van der Waals surface area contributed by atoms with Gasteiger partial charge in [-0.1, -0.05) is 32.0 Å². The van der Waals surface area contributed by atoms with Gasteiger partial charge in [0.2, 0.25) is 5.43 Å². The molecule has 19 heavy (non-hydrogen) atoms. The van der Waals surface area contributed by atoms with Crippen LogP contribution < -0.4 is 5.43 Å². The summed E-state index contributed by atoms with van der Waals surface area (Å²) < 4.78 is 5.95. The zero-order chi connectivity index (χ0) is 13.4. The quantitative estimate of drug-likeness (QED) is 0.643. The van der Waals surface area contributed by atoms with Gasteiger partial charge in [0, 0.05) is 0 Å². The highest BCUT2D eigenvalue weighted by molar-refractivity contribution is 5.91. The number of rotatable bonds is 2. The summed E-state index contributed by atoms with van der Waals surface area (Å²) in [6, 6.07) is 11.5. The first-order valence-corrected chi connectivity index (χ1v) is 6.72. The molecular formula is C17H16O2. The maximum absolute atomic E-state index is 12.6. The monoisotopic (exact) mass is 252 g/mol. The second-order valence-electron chi connectivity index (χ2n) is 4.77. The largest absolute Gasteiger partial charge is 0.456 e. The third-order valence-electron chi connectivity index (χ3n) is 3.60. The lowest BCUT2D eigenvalue weighted by atomic mass is 10.0. The SMILES string of the molecule is CCc1cc(CC)c2oc3ccccc3c(=O)c2c1. The molecule has 0 unspecified atom stereocenters. The molecule has 0 saturated heterocycles. The van der Waals surface area contributed by atoms with Crippen molar-refractivity contribution >= 4 is 21.9 Å². The van der Waals surface area contributed by atoms with E-state index in [9.17, 15) is 4.79 Å². The fourth-order valence-electron chi connectivity index (χ4n) is 2.51. The Morgan fingerprint density at radius 2 is 1.79 bits per heavy atom. The van der Waals surface area contributed by atoms with Gasteiger partial charge in [-0.3, -0.25) is 4.79 Å². The van der Waals surface area contributed by atoms with Crippen LogP contribution in [-0.4, -0.2) is 0 Å². The number of fused-ring (bicyclic) bond motifs is 2. The first-order valence-electron chi connectivity index (χ1n) is 6.72. The summed E-state index contributed by atoms with van der Waals surface area (Å²) in [6.07, 6.45) is 1.79. The summed E-state index contributed by atoms with van der Waals surface area (Å²) in [7, 11) is 0. The number of hydrogen-bond acceptors (Lipinski definition) is 2. The Morgan fingerprint density at radius 3 is 2.53 bits per heavy atom. The molecule has 0 fully saturated rings. The molecule has 0 saturated carbocycles. The lowest BCUT2D eigenvalue weighted by Gasteiger charge is -2.08. The molecule has 0 aliphatic rings. The average Bonchev–Trinajstić information content (AvgIpc) is 2.47. The minimum Gasteiger partial charge on any atom is -0.456 e. The Kier molecular flexibility index (Phi) is 2.86. The predicted octanol–water partition coefficient (Wildman–Crippen LogP) is 4.07. The van der Waals surface area contributed by atoms with Crippen LogP contribution in [-0.2, 0) is 12.8 Å². The molecule has 0 amide bonds. The number of para-hydroxylation sites is 1. The fraction of sp³-hybridized carbons (Fsp3) is 0.235. The van der Waals surface area contributed by atoms with E-state index >= 15 is 0 Å². The smallest absolute Gasteiger partial charge is 0.200 e. The molecule has 3 aromatic rings. The molecule has 96 valence electrons. The van der Waals surface area contributed by atoms with Gasteiger partial charge >= 0.3 is 0 Å². The molecule has 0 bridgehead atoms. The van der Waals surface area contributed by atoms with E-state index < -0.39 is 0 Å². The summed E-state index contributed by atoms with van der Waals surface area (Å²) >= 11 is 0. The van der Waals surface area contributed by atoms with Crippen LogP contribution in [0.5, 0.6) is 0 Å². The van der Waals surface area contributed by atoms with E-state index in [0.29, 0.717) is 16.4 Å². The van der Waals surface area contributed by atoms with Crippen molar-refractivity contribution in [1.82, 2.24) is 0 Å².